The minimum Gasteiger partial charge on any atom is -0.508 e. The van der Waals surface area contributed by atoms with E-state index in [0.29, 0.717) is 5.56 Å². The summed E-state index contributed by atoms with van der Waals surface area (Å²) in [7, 11) is 0. The number of rotatable bonds is 3. The van der Waals surface area contributed by atoms with Crippen LogP contribution in [-0.2, 0) is 0 Å². The fourth-order valence-electron chi connectivity index (χ4n) is 1.76. The van der Waals surface area contributed by atoms with Crippen molar-refractivity contribution in [2.45, 2.75) is 13.0 Å². The van der Waals surface area contributed by atoms with E-state index in [0.717, 1.165) is 10.0 Å². The molecule has 19 heavy (non-hydrogen) atoms. The zero-order chi connectivity index (χ0) is 13.8. The summed E-state index contributed by atoms with van der Waals surface area (Å²) in [6.07, 6.45) is 0. The fraction of sp³-hybridized carbons (Fsp3) is 0.133. The van der Waals surface area contributed by atoms with E-state index in [1.165, 1.54) is 12.1 Å². The van der Waals surface area contributed by atoms with Gasteiger partial charge in [-0.05, 0) is 42.8 Å². The first kappa shape index (κ1) is 13.6. The van der Waals surface area contributed by atoms with E-state index in [2.05, 4.69) is 21.2 Å². The van der Waals surface area contributed by atoms with Gasteiger partial charge in [0.15, 0.2) is 0 Å². The van der Waals surface area contributed by atoms with Gasteiger partial charge in [-0.15, -0.1) is 0 Å². The Hall–Kier alpha value is -1.81. The van der Waals surface area contributed by atoms with Gasteiger partial charge in [0.2, 0.25) is 0 Å². The highest BCUT2D eigenvalue weighted by Gasteiger charge is 2.11. The Bertz CT molecular complexity index is 581. The predicted octanol–water partition coefficient (Wildman–Crippen LogP) is 3.65. The maximum Gasteiger partial charge on any atom is 0.251 e. The average Bonchev–Trinajstić information content (AvgIpc) is 2.39. The molecule has 0 bridgehead atoms. The van der Waals surface area contributed by atoms with Crippen molar-refractivity contribution in [1.29, 1.82) is 0 Å². The van der Waals surface area contributed by atoms with Crippen LogP contribution in [0.4, 0.5) is 0 Å². The summed E-state index contributed by atoms with van der Waals surface area (Å²) >= 11 is 3.37. The number of hydrogen-bond donors (Lipinski definition) is 2. The number of halogens is 1. The Kier molecular flexibility index (Phi) is 4.22. The molecule has 0 fully saturated rings. The molecule has 2 aromatic rings. The highest BCUT2D eigenvalue weighted by atomic mass is 79.9. The molecule has 0 saturated carbocycles. The van der Waals surface area contributed by atoms with E-state index in [1.54, 1.807) is 12.1 Å². The third kappa shape index (κ3) is 3.58. The van der Waals surface area contributed by atoms with E-state index >= 15 is 0 Å². The molecule has 0 radical (unpaired) electrons. The summed E-state index contributed by atoms with van der Waals surface area (Å²) < 4.78 is 1.00. The number of phenols is 1. The first-order valence-electron chi connectivity index (χ1n) is 5.91. The van der Waals surface area contributed by atoms with Crippen LogP contribution in [0.5, 0.6) is 5.75 Å². The largest absolute Gasteiger partial charge is 0.508 e. The molecule has 2 N–H and O–H groups in total. The molecule has 0 aromatic heterocycles. The number of carbonyl (C=O) groups excluding carboxylic acids is 1. The molecule has 0 aliphatic carbocycles. The molecule has 3 nitrogen and oxygen atoms in total. The zero-order valence-corrected chi connectivity index (χ0v) is 12.0. The molecule has 0 aliphatic heterocycles. The van der Waals surface area contributed by atoms with Crippen LogP contribution < -0.4 is 5.32 Å². The number of nitrogens with one attached hydrogen (secondary N) is 1. The lowest BCUT2D eigenvalue weighted by Crippen LogP contribution is -2.26. The summed E-state index contributed by atoms with van der Waals surface area (Å²) in [5.41, 5.74) is 1.47. The summed E-state index contributed by atoms with van der Waals surface area (Å²) in [6, 6.07) is 14.0. The smallest absolute Gasteiger partial charge is 0.251 e. The molecule has 1 amide bonds. The van der Waals surface area contributed by atoms with Crippen molar-refractivity contribution in [3.63, 3.8) is 0 Å². The molecular weight excluding hydrogens is 306 g/mol. The van der Waals surface area contributed by atoms with Crippen molar-refractivity contribution in [2.24, 2.45) is 0 Å². The second-order valence-corrected chi connectivity index (χ2v) is 5.21. The van der Waals surface area contributed by atoms with Gasteiger partial charge >= 0.3 is 0 Å². The molecule has 0 saturated heterocycles. The van der Waals surface area contributed by atoms with E-state index in [1.807, 2.05) is 31.2 Å². The highest BCUT2D eigenvalue weighted by Crippen LogP contribution is 2.17. The standard InChI is InChI=1S/C15H14BrNO2/c1-10(11-5-7-13(16)8-6-11)17-15(19)12-3-2-4-14(18)9-12/h2-10,18H,1H3,(H,17,19). The third-order valence-electron chi connectivity index (χ3n) is 2.83. The highest BCUT2D eigenvalue weighted by molar-refractivity contribution is 9.10. The summed E-state index contributed by atoms with van der Waals surface area (Å²) in [5.74, 6) is -0.115. The lowest BCUT2D eigenvalue weighted by molar-refractivity contribution is 0.0939. The van der Waals surface area contributed by atoms with E-state index in [9.17, 15) is 9.90 Å². The second-order valence-electron chi connectivity index (χ2n) is 4.30. The summed E-state index contributed by atoms with van der Waals surface area (Å²) in [4.78, 5) is 12.0. The Morgan fingerprint density at radius 3 is 2.53 bits per heavy atom. The first-order chi connectivity index (χ1) is 9.06. The topological polar surface area (TPSA) is 49.3 Å². The number of benzene rings is 2. The third-order valence-corrected chi connectivity index (χ3v) is 3.35. The number of carbonyl (C=O) groups is 1. The van der Waals surface area contributed by atoms with Crippen LogP contribution in [-0.4, -0.2) is 11.0 Å². The van der Waals surface area contributed by atoms with Crippen molar-refractivity contribution in [2.75, 3.05) is 0 Å². The molecule has 98 valence electrons. The Balaban J connectivity index is 2.08. The van der Waals surface area contributed by atoms with Gasteiger partial charge in [-0.2, -0.15) is 0 Å². The van der Waals surface area contributed by atoms with Crippen molar-refractivity contribution in [3.05, 3.63) is 64.1 Å². The molecule has 1 unspecified atom stereocenters. The molecule has 4 heteroatoms. The average molecular weight is 320 g/mol. The molecule has 0 spiro atoms. The lowest BCUT2D eigenvalue weighted by Gasteiger charge is -2.14. The quantitative estimate of drug-likeness (QED) is 0.907. The normalized spacial score (nSPS) is 11.9. The van der Waals surface area contributed by atoms with Gasteiger partial charge in [0.05, 0.1) is 6.04 Å². The van der Waals surface area contributed by atoms with Gasteiger partial charge in [-0.3, -0.25) is 4.79 Å². The lowest BCUT2D eigenvalue weighted by atomic mass is 10.1. The molecule has 2 rings (SSSR count). The first-order valence-corrected chi connectivity index (χ1v) is 6.71. The van der Waals surface area contributed by atoms with Crippen LogP contribution in [0.1, 0.15) is 28.9 Å². The van der Waals surface area contributed by atoms with E-state index in [4.69, 9.17) is 0 Å². The van der Waals surface area contributed by atoms with Gasteiger partial charge in [0.1, 0.15) is 5.75 Å². The number of hydrogen-bond acceptors (Lipinski definition) is 2. The summed E-state index contributed by atoms with van der Waals surface area (Å²) in [5, 5.41) is 12.3. The number of phenolic OH excluding ortho intramolecular Hbond substituents is 1. The van der Waals surface area contributed by atoms with Gasteiger partial charge in [0, 0.05) is 10.0 Å². The Morgan fingerprint density at radius 2 is 1.89 bits per heavy atom. The predicted molar refractivity (Wildman–Crippen MR) is 78.1 cm³/mol. The van der Waals surface area contributed by atoms with Crippen molar-refractivity contribution in [1.82, 2.24) is 5.32 Å². The molecular formula is C15H14BrNO2. The maximum atomic E-state index is 12.0. The van der Waals surface area contributed by atoms with Crippen LogP contribution in [0.15, 0.2) is 53.0 Å². The number of aromatic hydroxyl groups is 1. The Labute approximate surface area is 120 Å². The van der Waals surface area contributed by atoms with Crippen LogP contribution in [0.2, 0.25) is 0 Å². The molecule has 1 atom stereocenters. The molecule has 0 aliphatic rings. The van der Waals surface area contributed by atoms with E-state index in [-0.39, 0.29) is 17.7 Å². The van der Waals surface area contributed by atoms with Crippen LogP contribution in [0.25, 0.3) is 0 Å². The maximum absolute atomic E-state index is 12.0. The Morgan fingerprint density at radius 1 is 1.21 bits per heavy atom. The van der Waals surface area contributed by atoms with Crippen LogP contribution in [0, 0.1) is 0 Å². The second kappa shape index (κ2) is 5.89. The molecule has 2 aromatic carbocycles. The zero-order valence-electron chi connectivity index (χ0n) is 10.4. The molecule has 0 heterocycles. The van der Waals surface area contributed by atoms with Gasteiger partial charge in [-0.1, -0.05) is 34.1 Å². The monoisotopic (exact) mass is 319 g/mol. The summed E-state index contributed by atoms with van der Waals surface area (Å²) in [6.45, 7) is 1.92. The van der Waals surface area contributed by atoms with Crippen molar-refractivity contribution in [3.8, 4) is 5.75 Å². The minimum atomic E-state index is -0.202. The SMILES string of the molecule is CC(NC(=O)c1cccc(O)c1)c1ccc(Br)cc1. The van der Waals surface area contributed by atoms with Crippen molar-refractivity contribution >= 4 is 21.8 Å². The van der Waals surface area contributed by atoms with Gasteiger partial charge < -0.3 is 10.4 Å². The van der Waals surface area contributed by atoms with E-state index < -0.39 is 0 Å². The number of amides is 1. The fourth-order valence-corrected chi connectivity index (χ4v) is 2.03. The van der Waals surface area contributed by atoms with Crippen LogP contribution in [0.3, 0.4) is 0 Å². The van der Waals surface area contributed by atoms with Crippen LogP contribution >= 0.6 is 15.9 Å². The van der Waals surface area contributed by atoms with Gasteiger partial charge in [0.25, 0.3) is 5.91 Å². The van der Waals surface area contributed by atoms with Gasteiger partial charge in [-0.25, -0.2) is 0 Å². The minimum absolute atomic E-state index is 0.0870. The van der Waals surface area contributed by atoms with Crippen molar-refractivity contribution < 1.29 is 9.90 Å².